The molecule has 0 aromatic carbocycles. The van der Waals surface area contributed by atoms with Crippen molar-refractivity contribution in [1.82, 2.24) is 9.97 Å². The van der Waals surface area contributed by atoms with Crippen LogP contribution in [0.15, 0.2) is 6.07 Å². The summed E-state index contributed by atoms with van der Waals surface area (Å²) in [7, 11) is 1.89. The van der Waals surface area contributed by atoms with E-state index in [4.69, 9.17) is 0 Å². The molecule has 1 rings (SSSR count). The Morgan fingerprint density at radius 3 is 2.30 bits per heavy atom. The maximum atomic E-state index is 4.61. The second-order valence-electron chi connectivity index (χ2n) is 5.00. The van der Waals surface area contributed by atoms with Crippen LogP contribution in [0.1, 0.15) is 45.9 Å². The van der Waals surface area contributed by atoms with E-state index in [0.717, 1.165) is 49.7 Å². The van der Waals surface area contributed by atoms with Gasteiger partial charge in [-0.15, -0.1) is 0 Å². The Bertz CT molecular complexity index is 397. The number of aryl methyl sites for hydroxylation is 1. The van der Waals surface area contributed by atoms with Crippen LogP contribution >= 0.6 is 11.8 Å². The maximum Gasteiger partial charge on any atom is 0.133 e. The summed E-state index contributed by atoms with van der Waals surface area (Å²) in [5, 5.41) is 6.61. The molecule has 0 fully saturated rings. The van der Waals surface area contributed by atoms with Crippen LogP contribution < -0.4 is 10.6 Å². The number of hydrogen-bond donors (Lipinski definition) is 2. The number of nitrogens with one attached hydrogen (secondary N) is 2. The molecule has 1 heterocycles. The molecule has 5 heteroatoms. The van der Waals surface area contributed by atoms with Gasteiger partial charge in [-0.3, -0.25) is 0 Å². The normalized spacial score (nSPS) is 11.4. The lowest BCUT2D eigenvalue weighted by molar-refractivity contribution is 0.573. The fraction of sp³-hybridized carbons (Fsp3) is 0.733. The summed E-state index contributed by atoms with van der Waals surface area (Å²) < 4.78 is 0.287. The highest BCUT2D eigenvalue weighted by Gasteiger charge is 2.24. The van der Waals surface area contributed by atoms with Crippen LogP contribution in [0, 0.1) is 0 Å². The van der Waals surface area contributed by atoms with Gasteiger partial charge in [0.1, 0.15) is 17.5 Å². The zero-order valence-corrected chi connectivity index (χ0v) is 14.2. The minimum atomic E-state index is 0.287. The molecule has 0 radical (unpaired) electrons. The summed E-state index contributed by atoms with van der Waals surface area (Å²) in [6.45, 7) is 7.59. The molecule has 0 aliphatic heterocycles. The summed E-state index contributed by atoms with van der Waals surface area (Å²) in [5.74, 6) is 2.71. The maximum absolute atomic E-state index is 4.61. The van der Waals surface area contributed by atoms with Crippen molar-refractivity contribution in [3.63, 3.8) is 0 Å². The van der Waals surface area contributed by atoms with Gasteiger partial charge >= 0.3 is 0 Å². The molecular weight excluding hydrogens is 268 g/mol. The number of rotatable bonds is 9. The van der Waals surface area contributed by atoms with Gasteiger partial charge in [-0.2, -0.15) is 11.8 Å². The zero-order valence-electron chi connectivity index (χ0n) is 13.4. The third-order valence-electron chi connectivity index (χ3n) is 3.82. The average molecular weight is 296 g/mol. The summed E-state index contributed by atoms with van der Waals surface area (Å²) in [4.78, 5) is 9.08. The lowest BCUT2D eigenvalue weighted by Crippen LogP contribution is -2.32. The van der Waals surface area contributed by atoms with E-state index in [1.807, 2.05) is 24.9 Å². The third-order valence-corrected chi connectivity index (χ3v) is 5.40. The molecule has 0 amide bonds. The predicted octanol–water partition coefficient (Wildman–Crippen LogP) is 3.80. The van der Waals surface area contributed by atoms with Crippen molar-refractivity contribution in [2.75, 3.05) is 30.5 Å². The van der Waals surface area contributed by atoms with Gasteiger partial charge in [0.05, 0.1) is 0 Å². The number of hydrogen-bond acceptors (Lipinski definition) is 5. The van der Waals surface area contributed by atoms with Crippen molar-refractivity contribution < 1.29 is 0 Å². The van der Waals surface area contributed by atoms with Crippen molar-refractivity contribution in [2.24, 2.45) is 0 Å². The van der Waals surface area contributed by atoms with E-state index >= 15 is 0 Å². The van der Waals surface area contributed by atoms with E-state index in [1.54, 1.807) is 0 Å². The van der Waals surface area contributed by atoms with Crippen LogP contribution in [-0.4, -0.2) is 34.6 Å². The van der Waals surface area contributed by atoms with Crippen LogP contribution in [0.4, 0.5) is 11.6 Å². The highest BCUT2D eigenvalue weighted by molar-refractivity contribution is 8.00. The molecule has 0 aliphatic rings. The summed E-state index contributed by atoms with van der Waals surface area (Å²) in [5.41, 5.74) is 0. The lowest BCUT2D eigenvalue weighted by Gasteiger charge is -2.30. The predicted molar refractivity (Wildman–Crippen MR) is 90.9 cm³/mol. The second-order valence-corrected chi connectivity index (χ2v) is 6.28. The van der Waals surface area contributed by atoms with Gasteiger partial charge in [0.25, 0.3) is 0 Å². The number of aromatic nitrogens is 2. The van der Waals surface area contributed by atoms with Gasteiger partial charge in [0.2, 0.25) is 0 Å². The Labute approximate surface area is 127 Å². The fourth-order valence-electron chi connectivity index (χ4n) is 2.16. The van der Waals surface area contributed by atoms with Crippen molar-refractivity contribution >= 4 is 23.4 Å². The van der Waals surface area contributed by atoms with Crippen molar-refractivity contribution in [3.8, 4) is 0 Å². The van der Waals surface area contributed by atoms with E-state index < -0.39 is 0 Å². The standard InChI is InChI=1S/C15H28N4S/c1-6-9-12-18-13(16-4)10-14(19-12)17-11-15(7-2,8-3)20-5/h10H,6-9,11H2,1-5H3,(H2,16,17,18,19). The van der Waals surface area contributed by atoms with Crippen molar-refractivity contribution in [2.45, 2.75) is 51.2 Å². The van der Waals surface area contributed by atoms with Crippen molar-refractivity contribution in [3.05, 3.63) is 11.9 Å². The van der Waals surface area contributed by atoms with Crippen LogP contribution in [0.5, 0.6) is 0 Å². The van der Waals surface area contributed by atoms with Crippen LogP contribution in [0.2, 0.25) is 0 Å². The number of thioether (sulfide) groups is 1. The first-order chi connectivity index (χ1) is 9.62. The molecule has 0 aliphatic carbocycles. The molecule has 20 heavy (non-hydrogen) atoms. The summed E-state index contributed by atoms with van der Waals surface area (Å²) in [6, 6.07) is 1.98. The minimum absolute atomic E-state index is 0.287. The molecule has 0 saturated heterocycles. The van der Waals surface area contributed by atoms with Gasteiger partial charge in [-0.25, -0.2) is 9.97 Å². The van der Waals surface area contributed by atoms with Gasteiger partial charge in [0.15, 0.2) is 0 Å². The molecule has 1 aromatic heterocycles. The second kappa shape index (κ2) is 8.35. The van der Waals surface area contributed by atoms with Gasteiger partial charge < -0.3 is 10.6 Å². The molecule has 0 saturated carbocycles. The highest BCUT2D eigenvalue weighted by Crippen LogP contribution is 2.30. The molecule has 2 N–H and O–H groups in total. The molecule has 4 nitrogen and oxygen atoms in total. The molecule has 0 atom stereocenters. The van der Waals surface area contributed by atoms with Crippen LogP contribution in [0.3, 0.4) is 0 Å². The van der Waals surface area contributed by atoms with E-state index in [-0.39, 0.29) is 4.75 Å². The minimum Gasteiger partial charge on any atom is -0.373 e. The largest absolute Gasteiger partial charge is 0.373 e. The molecule has 0 spiro atoms. The van der Waals surface area contributed by atoms with Gasteiger partial charge in [-0.05, 0) is 25.5 Å². The van der Waals surface area contributed by atoms with E-state index in [9.17, 15) is 0 Å². The molecule has 1 aromatic rings. The summed E-state index contributed by atoms with van der Waals surface area (Å²) >= 11 is 1.94. The topological polar surface area (TPSA) is 49.8 Å². The quantitative estimate of drug-likeness (QED) is 0.726. The third kappa shape index (κ3) is 4.54. The lowest BCUT2D eigenvalue weighted by atomic mass is 10.0. The average Bonchev–Trinajstić information content (AvgIpc) is 2.49. The van der Waals surface area contributed by atoms with Gasteiger partial charge in [0, 0.05) is 30.8 Å². The van der Waals surface area contributed by atoms with E-state index in [1.165, 1.54) is 0 Å². The first-order valence-electron chi connectivity index (χ1n) is 7.47. The first kappa shape index (κ1) is 17.1. The monoisotopic (exact) mass is 296 g/mol. The highest BCUT2D eigenvalue weighted by atomic mass is 32.2. The fourth-order valence-corrected chi connectivity index (χ4v) is 2.96. The number of nitrogens with zero attached hydrogens (tertiary/aromatic N) is 2. The molecule has 0 bridgehead atoms. The zero-order chi connectivity index (χ0) is 15.0. The van der Waals surface area contributed by atoms with Crippen molar-refractivity contribution in [1.29, 1.82) is 0 Å². The molecule has 0 unspecified atom stereocenters. The molecule has 114 valence electrons. The van der Waals surface area contributed by atoms with Crippen LogP contribution in [0.25, 0.3) is 0 Å². The molecular formula is C15H28N4S. The smallest absolute Gasteiger partial charge is 0.133 e. The SMILES string of the molecule is CCCc1nc(NC)cc(NCC(CC)(CC)SC)n1. The Morgan fingerprint density at radius 1 is 1.15 bits per heavy atom. The first-order valence-corrected chi connectivity index (χ1v) is 8.70. The Balaban J connectivity index is 2.83. The Hall–Kier alpha value is -0.970. The summed E-state index contributed by atoms with van der Waals surface area (Å²) in [6.07, 6.45) is 6.48. The number of anilines is 2. The Morgan fingerprint density at radius 2 is 1.80 bits per heavy atom. The Kier molecular flexibility index (Phi) is 7.13. The van der Waals surface area contributed by atoms with Gasteiger partial charge in [-0.1, -0.05) is 20.8 Å². The van der Waals surface area contributed by atoms with E-state index in [2.05, 4.69) is 47.6 Å². The van der Waals surface area contributed by atoms with Crippen LogP contribution in [-0.2, 0) is 6.42 Å². The van der Waals surface area contributed by atoms with E-state index in [0.29, 0.717) is 0 Å².